The van der Waals surface area contributed by atoms with Gasteiger partial charge in [0.2, 0.25) is 11.6 Å². The molecule has 0 amide bonds. The quantitative estimate of drug-likeness (QED) is 0.812. The molecule has 1 aromatic heterocycles. The first-order valence-corrected chi connectivity index (χ1v) is 9.06. The molecule has 1 aromatic carbocycles. The van der Waals surface area contributed by atoms with Gasteiger partial charge in [-0.15, -0.1) is 0 Å². The monoisotopic (exact) mass is 383 g/mol. The Balaban J connectivity index is 1.55. The molecule has 1 fully saturated rings. The maximum atomic E-state index is 12.9. The number of ketones is 2. The van der Waals surface area contributed by atoms with Gasteiger partial charge in [-0.05, 0) is 24.3 Å². The Morgan fingerprint density at radius 1 is 1.00 bits per heavy atom. The van der Waals surface area contributed by atoms with Gasteiger partial charge in [0.1, 0.15) is 22.2 Å². The average Bonchev–Trinajstić information content (AvgIpc) is 2.73. The number of hydrogen-bond donors (Lipinski definition) is 0. The van der Waals surface area contributed by atoms with Crippen LogP contribution in [-0.2, 0) is 0 Å². The number of pyridine rings is 1. The van der Waals surface area contributed by atoms with Gasteiger partial charge in [-0.3, -0.25) is 14.6 Å². The van der Waals surface area contributed by atoms with E-state index in [2.05, 4.69) is 9.88 Å². The zero-order chi connectivity index (χ0) is 19.0. The predicted octanol–water partition coefficient (Wildman–Crippen LogP) is 2.74. The van der Waals surface area contributed by atoms with E-state index in [9.17, 15) is 9.59 Å². The summed E-state index contributed by atoms with van der Waals surface area (Å²) in [4.78, 5) is 33.6. The maximum absolute atomic E-state index is 12.9. The predicted molar refractivity (Wildman–Crippen MR) is 103 cm³/mol. The fourth-order valence-electron chi connectivity index (χ4n) is 3.49. The third-order valence-corrected chi connectivity index (χ3v) is 5.25. The number of nitrogens with zero attached hydrogens (tertiary/aromatic N) is 3. The molecule has 138 valence electrons. The Labute approximate surface area is 162 Å². The summed E-state index contributed by atoms with van der Waals surface area (Å²) in [5, 5.41) is -0.0407. The molecule has 27 heavy (non-hydrogen) atoms. The first-order valence-electron chi connectivity index (χ1n) is 8.68. The van der Waals surface area contributed by atoms with Gasteiger partial charge >= 0.3 is 0 Å². The van der Waals surface area contributed by atoms with Gasteiger partial charge in [0.15, 0.2) is 0 Å². The minimum absolute atomic E-state index is 0.0407. The van der Waals surface area contributed by atoms with E-state index in [1.807, 2.05) is 29.2 Å². The van der Waals surface area contributed by atoms with E-state index in [4.69, 9.17) is 16.3 Å². The lowest BCUT2D eigenvalue weighted by molar-refractivity contribution is 0.0942. The van der Waals surface area contributed by atoms with Crippen molar-refractivity contribution in [2.75, 3.05) is 38.2 Å². The molecule has 4 rings (SSSR count). The van der Waals surface area contributed by atoms with E-state index in [-0.39, 0.29) is 22.2 Å². The number of benzene rings is 1. The summed E-state index contributed by atoms with van der Waals surface area (Å²) in [5.74, 6) is 0.174. The normalized spacial score (nSPS) is 17.3. The van der Waals surface area contributed by atoms with Crippen LogP contribution < -0.4 is 9.64 Å². The summed E-state index contributed by atoms with van der Waals surface area (Å²) in [6.45, 7) is 2.61. The summed E-state index contributed by atoms with van der Waals surface area (Å²) in [5.41, 5.74) is 1.80. The van der Waals surface area contributed by atoms with Crippen molar-refractivity contribution in [3.8, 4) is 5.75 Å². The van der Waals surface area contributed by atoms with Crippen LogP contribution in [-0.4, -0.2) is 54.7 Å². The third-order valence-electron chi connectivity index (χ3n) is 4.90. The van der Waals surface area contributed by atoms with Crippen molar-refractivity contribution in [1.29, 1.82) is 0 Å². The number of ether oxygens (including phenoxy) is 1. The van der Waals surface area contributed by atoms with Crippen molar-refractivity contribution in [3.05, 3.63) is 64.6 Å². The first kappa shape index (κ1) is 17.5. The number of halogens is 1. The van der Waals surface area contributed by atoms with Gasteiger partial charge in [-0.2, -0.15) is 0 Å². The molecule has 0 N–H and O–H groups in total. The number of Topliss-reactive ketones (excluding diaryl/α,β-unsaturated/α-hetero) is 2. The highest BCUT2D eigenvalue weighted by Gasteiger charge is 2.36. The molecule has 7 heteroatoms. The van der Waals surface area contributed by atoms with Crippen LogP contribution in [0.3, 0.4) is 0 Å². The Morgan fingerprint density at radius 2 is 1.74 bits per heavy atom. The topological polar surface area (TPSA) is 62.7 Å². The fraction of sp³-hybridized carbons (Fsp3) is 0.250. The Morgan fingerprint density at radius 3 is 2.48 bits per heavy atom. The second-order valence-corrected chi connectivity index (χ2v) is 6.77. The maximum Gasteiger partial charge on any atom is 0.225 e. The summed E-state index contributed by atoms with van der Waals surface area (Å²) in [6.07, 6.45) is 1.49. The number of carbonyl (C=O) groups excluding carboxylic acids is 2. The Hall–Kier alpha value is -2.86. The largest absolute Gasteiger partial charge is 0.497 e. The van der Waals surface area contributed by atoms with Gasteiger partial charge in [-0.1, -0.05) is 17.7 Å². The molecule has 0 bridgehead atoms. The van der Waals surface area contributed by atoms with Crippen LogP contribution in [0, 0.1) is 0 Å². The number of carbonyl (C=O) groups is 2. The number of aromatic nitrogens is 1. The molecule has 0 atom stereocenters. The SMILES string of the molecule is COc1cccc(N2CCN(C3=C(Cl)C(=O)c4ncccc4C3=O)CC2)c1. The molecular weight excluding hydrogens is 366 g/mol. The van der Waals surface area contributed by atoms with Crippen LogP contribution in [0.4, 0.5) is 5.69 Å². The van der Waals surface area contributed by atoms with Crippen LogP contribution in [0.5, 0.6) is 5.75 Å². The summed E-state index contributed by atoms with van der Waals surface area (Å²) >= 11 is 6.28. The molecule has 1 aliphatic carbocycles. The van der Waals surface area contributed by atoms with E-state index >= 15 is 0 Å². The molecule has 0 unspecified atom stereocenters. The molecule has 2 aliphatic rings. The lowest BCUT2D eigenvalue weighted by Crippen LogP contribution is -2.48. The molecular formula is C20H18ClN3O3. The average molecular weight is 384 g/mol. The summed E-state index contributed by atoms with van der Waals surface area (Å²) in [6, 6.07) is 11.1. The zero-order valence-electron chi connectivity index (χ0n) is 14.8. The second kappa shape index (κ2) is 7.04. The van der Waals surface area contributed by atoms with E-state index in [1.165, 1.54) is 6.20 Å². The standard InChI is InChI=1S/C20H18ClN3O3/c1-27-14-5-2-4-13(12-14)23-8-10-24(11-9-23)18-16(21)20(26)17-15(19(18)25)6-3-7-22-17/h2-7,12H,8-11H2,1H3. The van der Waals surface area contributed by atoms with Gasteiger partial charge in [-0.25, -0.2) is 0 Å². The van der Waals surface area contributed by atoms with Crippen molar-refractivity contribution in [2.24, 2.45) is 0 Å². The molecule has 0 saturated carbocycles. The van der Waals surface area contributed by atoms with Crippen molar-refractivity contribution in [3.63, 3.8) is 0 Å². The first-order chi connectivity index (χ1) is 13.1. The van der Waals surface area contributed by atoms with Gasteiger partial charge in [0.25, 0.3) is 0 Å². The van der Waals surface area contributed by atoms with Crippen molar-refractivity contribution in [2.45, 2.75) is 0 Å². The highest BCUT2D eigenvalue weighted by Crippen LogP contribution is 2.31. The van der Waals surface area contributed by atoms with E-state index in [1.54, 1.807) is 19.2 Å². The molecule has 0 radical (unpaired) electrons. The molecule has 1 saturated heterocycles. The molecule has 0 spiro atoms. The third kappa shape index (κ3) is 3.06. The van der Waals surface area contributed by atoms with Crippen LogP contribution in [0.2, 0.25) is 0 Å². The molecule has 1 aliphatic heterocycles. The fourth-order valence-corrected chi connectivity index (χ4v) is 3.78. The molecule has 6 nitrogen and oxygen atoms in total. The Bertz CT molecular complexity index is 949. The highest BCUT2D eigenvalue weighted by atomic mass is 35.5. The van der Waals surface area contributed by atoms with Gasteiger partial charge < -0.3 is 14.5 Å². The minimum atomic E-state index is -0.392. The summed E-state index contributed by atoms with van der Waals surface area (Å²) in [7, 11) is 1.64. The summed E-state index contributed by atoms with van der Waals surface area (Å²) < 4.78 is 5.29. The van der Waals surface area contributed by atoms with Crippen LogP contribution in [0.25, 0.3) is 0 Å². The van der Waals surface area contributed by atoms with Gasteiger partial charge in [0, 0.05) is 44.1 Å². The molecule has 2 heterocycles. The second-order valence-electron chi connectivity index (χ2n) is 6.40. The smallest absolute Gasteiger partial charge is 0.225 e. The van der Waals surface area contributed by atoms with Gasteiger partial charge in [0.05, 0.1) is 12.7 Å². The van der Waals surface area contributed by atoms with Crippen LogP contribution in [0.1, 0.15) is 20.8 Å². The van der Waals surface area contributed by atoms with Crippen molar-refractivity contribution in [1.82, 2.24) is 9.88 Å². The van der Waals surface area contributed by atoms with E-state index in [0.29, 0.717) is 31.7 Å². The van der Waals surface area contributed by atoms with E-state index < -0.39 is 5.78 Å². The number of hydrogen-bond acceptors (Lipinski definition) is 6. The molecule has 2 aromatic rings. The number of rotatable bonds is 3. The highest BCUT2D eigenvalue weighted by molar-refractivity contribution is 6.49. The number of fused-ring (bicyclic) bond motifs is 1. The lowest BCUT2D eigenvalue weighted by Gasteiger charge is -2.39. The van der Waals surface area contributed by atoms with Crippen molar-refractivity contribution >= 4 is 28.9 Å². The van der Waals surface area contributed by atoms with E-state index in [0.717, 1.165) is 11.4 Å². The number of anilines is 1. The van der Waals surface area contributed by atoms with Crippen LogP contribution in [0.15, 0.2) is 53.3 Å². The van der Waals surface area contributed by atoms with Crippen molar-refractivity contribution < 1.29 is 14.3 Å². The zero-order valence-corrected chi connectivity index (χ0v) is 15.6. The number of allylic oxidation sites excluding steroid dienone is 2. The van der Waals surface area contributed by atoms with Crippen LogP contribution >= 0.6 is 11.6 Å². The number of methoxy groups -OCH3 is 1. The minimum Gasteiger partial charge on any atom is -0.497 e. The Kier molecular flexibility index (Phi) is 4.58. The number of piperazine rings is 1. The lowest BCUT2D eigenvalue weighted by atomic mass is 9.95.